The van der Waals surface area contributed by atoms with Crippen molar-refractivity contribution in [3.05, 3.63) is 41.4 Å². The lowest BCUT2D eigenvalue weighted by Gasteiger charge is -2.23. The molecule has 2 rings (SSSR count). The lowest BCUT2D eigenvalue weighted by molar-refractivity contribution is -0.144. The smallest absolute Gasteiger partial charge is 0.311 e. The van der Waals surface area contributed by atoms with E-state index in [4.69, 9.17) is 16.7 Å². The maximum Gasteiger partial charge on any atom is 0.311 e. The number of amides is 1. The van der Waals surface area contributed by atoms with Crippen LogP contribution in [0.1, 0.15) is 12.8 Å². The van der Waals surface area contributed by atoms with E-state index in [1.54, 1.807) is 30.3 Å². The summed E-state index contributed by atoms with van der Waals surface area (Å²) in [4.78, 5) is 23.3. The molecule has 2 N–H and O–H groups in total. The van der Waals surface area contributed by atoms with Gasteiger partial charge in [-0.2, -0.15) is 0 Å². The number of carbonyl (C=O) groups excluding carboxylic acids is 1. The van der Waals surface area contributed by atoms with Gasteiger partial charge in [-0.3, -0.25) is 9.59 Å². The van der Waals surface area contributed by atoms with Gasteiger partial charge in [0.2, 0.25) is 5.91 Å². The van der Waals surface area contributed by atoms with Crippen LogP contribution < -0.4 is 5.32 Å². The van der Waals surface area contributed by atoms with Crippen LogP contribution in [0.5, 0.6) is 0 Å². The van der Waals surface area contributed by atoms with Gasteiger partial charge in [0, 0.05) is 10.7 Å². The third-order valence-electron chi connectivity index (χ3n) is 3.14. The van der Waals surface area contributed by atoms with Gasteiger partial charge >= 0.3 is 5.97 Å². The number of hydrogen-bond acceptors (Lipinski definition) is 2. The number of halogens is 1. The van der Waals surface area contributed by atoms with Crippen LogP contribution in [0.4, 0.5) is 5.69 Å². The minimum Gasteiger partial charge on any atom is -0.481 e. The average molecular weight is 280 g/mol. The topological polar surface area (TPSA) is 66.4 Å². The van der Waals surface area contributed by atoms with Crippen molar-refractivity contribution >= 4 is 29.2 Å². The Bertz CT molecular complexity index is 527. The number of nitrogens with one attached hydrogen (secondary N) is 1. The average Bonchev–Trinajstić information content (AvgIpc) is 2.38. The number of rotatable bonds is 3. The second-order valence-corrected chi connectivity index (χ2v) is 4.91. The van der Waals surface area contributed by atoms with E-state index in [2.05, 4.69) is 5.32 Å². The molecule has 19 heavy (non-hydrogen) atoms. The van der Waals surface area contributed by atoms with Gasteiger partial charge in [0.15, 0.2) is 0 Å². The molecule has 2 atom stereocenters. The molecular weight excluding hydrogens is 266 g/mol. The second-order valence-electron chi connectivity index (χ2n) is 4.48. The highest BCUT2D eigenvalue weighted by Crippen LogP contribution is 2.27. The van der Waals surface area contributed by atoms with Gasteiger partial charge in [-0.1, -0.05) is 29.8 Å². The van der Waals surface area contributed by atoms with E-state index >= 15 is 0 Å². The first kappa shape index (κ1) is 13.6. The summed E-state index contributed by atoms with van der Waals surface area (Å²) in [6.45, 7) is 0. The molecule has 0 radical (unpaired) electrons. The molecule has 100 valence electrons. The normalized spacial score (nSPS) is 21.9. The zero-order valence-corrected chi connectivity index (χ0v) is 10.9. The van der Waals surface area contributed by atoms with E-state index in [1.807, 2.05) is 6.08 Å². The van der Waals surface area contributed by atoms with Crippen molar-refractivity contribution in [3.8, 4) is 0 Å². The summed E-state index contributed by atoms with van der Waals surface area (Å²) in [6, 6.07) is 6.79. The highest BCUT2D eigenvalue weighted by atomic mass is 35.5. The summed E-state index contributed by atoms with van der Waals surface area (Å²) in [5, 5.41) is 12.4. The third kappa shape index (κ3) is 3.35. The van der Waals surface area contributed by atoms with Crippen molar-refractivity contribution in [2.45, 2.75) is 12.8 Å². The molecule has 0 spiro atoms. The number of allylic oxidation sites excluding steroid dienone is 1. The predicted octanol–water partition coefficient (Wildman–Crippen LogP) is 2.95. The van der Waals surface area contributed by atoms with Crippen LogP contribution in [0, 0.1) is 11.8 Å². The number of aliphatic carboxylic acids is 1. The Hall–Kier alpha value is -1.81. The first-order valence-corrected chi connectivity index (χ1v) is 6.41. The number of benzene rings is 1. The number of carboxylic acids is 1. The van der Waals surface area contributed by atoms with E-state index in [1.165, 1.54) is 0 Å². The van der Waals surface area contributed by atoms with E-state index in [-0.39, 0.29) is 5.91 Å². The van der Waals surface area contributed by atoms with Gasteiger partial charge in [-0.05, 0) is 31.0 Å². The molecule has 0 saturated carbocycles. The predicted molar refractivity (Wildman–Crippen MR) is 73.1 cm³/mol. The maximum atomic E-state index is 12.1. The Morgan fingerprint density at radius 2 is 2.16 bits per heavy atom. The van der Waals surface area contributed by atoms with Crippen LogP contribution in [-0.4, -0.2) is 17.0 Å². The third-order valence-corrected chi connectivity index (χ3v) is 3.37. The SMILES string of the molecule is O=C(Nc1cccc(Cl)c1)[C@H]1CCC=C[C@H]1C(=O)O. The fourth-order valence-electron chi connectivity index (χ4n) is 2.18. The van der Waals surface area contributed by atoms with Crippen LogP contribution >= 0.6 is 11.6 Å². The molecule has 1 aliphatic rings. The molecule has 0 bridgehead atoms. The molecule has 0 aliphatic heterocycles. The highest BCUT2D eigenvalue weighted by Gasteiger charge is 2.33. The Balaban J connectivity index is 2.11. The summed E-state index contributed by atoms with van der Waals surface area (Å²) in [5.74, 6) is -2.55. The highest BCUT2D eigenvalue weighted by molar-refractivity contribution is 6.30. The van der Waals surface area contributed by atoms with Crippen LogP contribution in [0.3, 0.4) is 0 Å². The van der Waals surface area contributed by atoms with E-state index in [0.29, 0.717) is 17.1 Å². The summed E-state index contributed by atoms with van der Waals surface area (Å²) in [6.07, 6.45) is 4.66. The first-order valence-electron chi connectivity index (χ1n) is 6.04. The summed E-state index contributed by atoms with van der Waals surface area (Å²) in [7, 11) is 0. The molecular formula is C14H14ClNO3. The van der Waals surface area contributed by atoms with Crippen molar-refractivity contribution in [2.75, 3.05) is 5.32 Å². The zero-order chi connectivity index (χ0) is 13.8. The minimum absolute atomic E-state index is 0.279. The van der Waals surface area contributed by atoms with Gasteiger partial charge < -0.3 is 10.4 Å². The molecule has 1 aromatic carbocycles. The van der Waals surface area contributed by atoms with E-state index in [9.17, 15) is 9.59 Å². The van der Waals surface area contributed by atoms with Crippen LogP contribution in [0.15, 0.2) is 36.4 Å². The Kier molecular flexibility index (Phi) is 4.22. The lowest BCUT2D eigenvalue weighted by Crippen LogP contribution is -2.34. The van der Waals surface area contributed by atoms with Crippen LogP contribution in [0.25, 0.3) is 0 Å². The maximum absolute atomic E-state index is 12.1. The fourth-order valence-corrected chi connectivity index (χ4v) is 2.37. The van der Waals surface area contributed by atoms with Gasteiger partial charge in [-0.15, -0.1) is 0 Å². The first-order chi connectivity index (χ1) is 9.08. The van der Waals surface area contributed by atoms with Gasteiger partial charge in [0.05, 0.1) is 11.8 Å². The number of carboxylic acid groups (broad SMARTS) is 1. The second kappa shape index (κ2) is 5.89. The van der Waals surface area contributed by atoms with Crippen molar-refractivity contribution in [1.82, 2.24) is 0 Å². The molecule has 0 saturated heterocycles. The molecule has 0 fully saturated rings. The minimum atomic E-state index is -0.970. The number of anilines is 1. The van der Waals surface area contributed by atoms with Crippen molar-refractivity contribution in [1.29, 1.82) is 0 Å². The van der Waals surface area contributed by atoms with Crippen molar-refractivity contribution < 1.29 is 14.7 Å². The molecule has 0 unspecified atom stereocenters. The zero-order valence-electron chi connectivity index (χ0n) is 10.2. The lowest BCUT2D eigenvalue weighted by atomic mass is 9.83. The Morgan fingerprint density at radius 1 is 1.37 bits per heavy atom. The molecule has 4 nitrogen and oxygen atoms in total. The van der Waals surface area contributed by atoms with Crippen molar-refractivity contribution in [2.24, 2.45) is 11.8 Å². The Morgan fingerprint density at radius 3 is 2.84 bits per heavy atom. The van der Waals surface area contributed by atoms with Gasteiger partial charge in [0.25, 0.3) is 0 Å². The molecule has 0 aromatic heterocycles. The fraction of sp³-hybridized carbons (Fsp3) is 0.286. The number of hydrogen-bond donors (Lipinski definition) is 2. The Labute approximate surface area is 116 Å². The summed E-state index contributed by atoms with van der Waals surface area (Å²) >= 11 is 5.84. The summed E-state index contributed by atoms with van der Waals surface area (Å²) in [5.41, 5.74) is 0.580. The summed E-state index contributed by atoms with van der Waals surface area (Å²) < 4.78 is 0. The van der Waals surface area contributed by atoms with E-state index < -0.39 is 17.8 Å². The molecule has 1 amide bonds. The largest absolute Gasteiger partial charge is 0.481 e. The standard InChI is InChI=1S/C14H14ClNO3/c15-9-4-3-5-10(8-9)16-13(17)11-6-1-2-7-12(11)14(18)19/h2-5,7-8,11-12H,1,6H2,(H,16,17)(H,18,19)/t11-,12+/m0/s1. The molecule has 0 heterocycles. The van der Waals surface area contributed by atoms with Gasteiger partial charge in [-0.25, -0.2) is 0 Å². The van der Waals surface area contributed by atoms with Crippen LogP contribution in [0.2, 0.25) is 5.02 Å². The quantitative estimate of drug-likeness (QED) is 0.836. The molecule has 1 aliphatic carbocycles. The number of carbonyl (C=O) groups is 2. The van der Waals surface area contributed by atoms with Crippen molar-refractivity contribution in [3.63, 3.8) is 0 Å². The monoisotopic (exact) mass is 279 g/mol. The van der Waals surface area contributed by atoms with Crippen LogP contribution in [-0.2, 0) is 9.59 Å². The van der Waals surface area contributed by atoms with E-state index in [0.717, 1.165) is 6.42 Å². The molecule has 1 aromatic rings. The molecule has 5 heteroatoms. The van der Waals surface area contributed by atoms with Gasteiger partial charge in [0.1, 0.15) is 0 Å².